The molecule has 0 atom stereocenters. The van der Waals surface area contributed by atoms with Gasteiger partial charge in [-0.1, -0.05) is 0 Å². The van der Waals surface area contributed by atoms with Crippen LogP contribution in [0, 0.1) is 13.8 Å². The van der Waals surface area contributed by atoms with E-state index < -0.39 is 0 Å². The summed E-state index contributed by atoms with van der Waals surface area (Å²) in [7, 11) is 0. The van der Waals surface area contributed by atoms with E-state index in [2.05, 4.69) is 0 Å². The summed E-state index contributed by atoms with van der Waals surface area (Å²) < 4.78 is 5.09. The zero-order chi connectivity index (χ0) is 8.43. The minimum absolute atomic E-state index is 0.0854. The van der Waals surface area contributed by atoms with Crippen molar-refractivity contribution in [2.75, 3.05) is 0 Å². The van der Waals surface area contributed by atoms with Gasteiger partial charge in [0, 0.05) is 11.6 Å². The van der Waals surface area contributed by atoms with Crippen molar-refractivity contribution in [3.05, 3.63) is 33.4 Å². The number of hydrogen-bond donors (Lipinski definition) is 1. The van der Waals surface area contributed by atoms with Crippen LogP contribution in [0.2, 0.25) is 0 Å². The molecule has 0 spiro atoms. The van der Waals surface area contributed by atoms with E-state index in [0.29, 0.717) is 17.1 Å². The van der Waals surface area contributed by atoms with Gasteiger partial charge in [-0.3, -0.25) is 4.79 Å². The fraction of sp³-hybridized carbons (Fsp3) is 0.375. The minimum atomic E-state index is -0.219. The first-order chi connectivity index (χ1) is 5.15. The van der Waals surface area contributed by atoms with Crippen LogP contribution in [0.3, 0.4) is 0 Å². The van der Waals surface area contributed by atoms with E-state index in [1.165, 1.54) is 6.07 Å². The van der Waals surface area contributed by atoms with Gasteiger partial charge in [0.05, 0.1) is 0 Å². The summed E-state index contributed by atoms with van der Waals surface area (Å²) in [5, 5.41) is 8.73. The van der Waals surface area contributed by atoms with Crippen LogP contribution in [0.1, 0.15) is 17.1 Å². The summed E-state index contributed by atoms with van der Waals surface area (Å²) >= 11 is 0. The van der Waals surface area contributed by atoms with Crippen LogP contribution >= 0.6 is 0 Å². The maximum Gasteiger partial charge on any atom is 0.188 e. The lowest BCUT2D eigenvalue weighted by atomic mass is 10.2. The molecule has 0 aliphatic rings. The van der Waals surface area contributed by atoms with Crippen LogP contribution in [-0.4, -0.2) is 5.11 Å². The third-order valence-electron chi connectivity index (χ3n) is 1.55. The van der Waals surface area contributed by atoms with Gasteiger partial charge in [0.1, 0.15) is 18.1 Å². The average Bonchev–Trinajstić information content (AvgIpc) is 1.96. The van der Waals surface area contributed by atoms with E-state index in [9.17, 15) is 4.79 Å². The average molecular weight is 154 g/mol. The molecular weight excluding hydrogens is 144 g/mol. The fourth-order valence-corrected chi connectivity index (χ4v) is 0.881. The molecule has 3 nitrogen and oxygen atoms in total. The predicted molar refractivity (Wildman–Crippen MR) is 40.4 cm³/mol. The Morgan fingerprint density at radius 2 is 2.18 bits per heavy atom. The maximum absolute atomic E-state index is 11.0. The molecule has 0 aromatic carbocycles. The SMILES string of the molecule is Cc1cc(=O)c(C)c(CO)o1. The van der Waals surface area contributed by atoms with E-state index in [0.717, 1.165) is 0 Å². The van der Waals surface area contributed by atoms with Gasteiger partial charge in [-0.05, 0) is 13.8 Å². The van der Waals surface area contributed by atoms with Crippen LogP contribution in [0.15, 0.2) is 15.3 Å². The van der Waals surface area contributed by atoms with E-state index >= 15 is 0 Å². The lowest BCUT2D eigenvalue weighted by molar-refractivity contribution is 0.239. The number of aryl methyl sites for hydroxylation is 1. The first-order valence-corrected chi connectivity index (χ1v) is 3.36. The molecule has 0 aliphatic carbocycles. The van der Waals surface area contributed by atoms with Gasteiger partial charge < -0.3 is 9.52 Å². The molecule has 1 N–H and O–H groups in total. The molecule has 1 aromatic heterocycles. The van der Waals surface area contributed by atoms with Gasteiger partial charge >= 0.3 is 0 Å². The van der Waals surface area contributed by atoms with Crippen molar-refractivity contribution in [1.82, 2.24) is 0 Å². The Morgan fingerprint density at radius 1 is 1.55 bits per heavy atom. The Bertz CT molecular complexity index is 312. The molecule has 0 saturated carbocycles. The molecule has 1 aromatic rings. The molecule has 11 heavy (non-hydrogen) atoms. The Hall–Kier alpha value is -1.09. The third kappa shape index (κ3) is 1.49. The van der Waals surface area contributed by atoms with Gasteiger partial charge in [-0.2, -0.15) is 0 Å². The second kappa shape index (κ2) is 2.88. The van der Waals surface area contributed by atoms with Gasteiger partial charge in [0.15, 0.2) is 5.43 Å². The van der Waals surface area contributed by atoms with E-state index in [-0.39, 0.29) is 12.0 Å². The lowest BCUT2D eigenvalue weighted by Crippen LogP contribution is -2.07. The van der Waals surface area contributed by atoms with Crippen molar-refractivity contribution in [1.29, 1.82) is 0 Å². The molecule has 0 saturated heterocycles. The molecule has 0 fully saturated rings. The second-order valence-electron chi connectivity index (χ2n) is 2.43. The molecule has 60 valence electrons. The topological polar surface area (TPSA) is 50.4 Å². The van der Waals surface area contributed by atoms with E-state index in [1.807, 2.05) is 0 Å². The lowest BCUT2D eigenvalue weighted by Gasteiger charge is -2.00. The van der Waals surface area contributed by atoms with Crippen molar-refractivity contribution in [3.63, 3.8) is 0 Å². The Kier molecular flexibility index (Phi) is 2.10. The molecule has 0 bridgehead atoms. The van der Waals surface area contributed by atoms with Gasteiger partial charge in [0.2, 0.25) is 0 Å². The normalized spacial score (nSPS) is 10.1. The highest BCUT2D eigenvalue weighted by Crippen LogP contribution is 2.04. The van der Waals surface area contributed by atoms with Crippen LogP contribution in [0.5, 0.6) is 0 Å². The summed E-state index contributed by atoms with van der Waals surface area (Å²) in [5.74, 6) is 0.889. The Morgan fingerprint density at radius 3 is 2.73 bits per heavy atom. The highest BCUT2D eigenvalue weighted by atomic mass is 16.4. The standard InChI is InChI=1S/C8H10O3/c1-5-3-7(10)6(2)8(4-9)11-5/h3,9H,4H2,1-2H3. The minimum Gasteiger partial charge on any atom is -0.463 e. The zero-order valence-electron chi connectivity index (χ0n) is 6.55. The van der Waals surface area contributed by atoms with Gasteiger partial charge in [0.25, 0.3) is 0 Å². The summed E-state index contributed by atoms with van der Waals surface area (Å²) in [6, 6.07) is 1.41. The van der Waals surface area contributed by atoms with Crippen molar-refractivity contribution >= 4 is 0 Å². The summed E-state index contributed by atoms with van der Waals surface area (Å²) in [5.41, 5.74) is 0.399. The van der Waals surface area contributed by atoms with Gasteiger partial charge in [-0.15, -0.1) is 0 Å². The van der Waals surface area contributed by atoms with Crippen LogP contribution in [0.25, 0.3) is 0 Å². The number of rotatable bonds is 1. The van der Waals surface area contributed by atoms with E-state index in [4.69, 9.17) is 9.52 Å². The summed E-state index contributed by atoms with van der Waals surface area (Å²) in [4.78, 5) is 11.0. The predicted octanol–water partition coefficient (Wildman–Crippen LogP) is 0.749. The zero-order valence-corrected chi connectivity index (χ0v) is 6.55. The highest BCUT2D eigenvalue weighted by Gasteiger charge is 2.03. The smallest absolute Gasteiger partial charge is 0.188 e. The van der Waals surface area contributed by atoms with Crippen molar-refractivity contribution in [3.8, 4) is 0 Å². The molecule has 0 radical (unpaired) electrons. The highest BCUT2D eigenvalue weighted by molar-refractivity contribution is 5.16. The Labute approximate surface area is 64.3 Å². The van der Waals surface area contributed by atoms with Crippen LogP contribution < -0.4 is 5.43 Å². The molecule has 1 rings (SSSR count). The fourth-order valence-electron chi connectivity index (χ4n) is 0.881. The van der Waals surface area contributed by atoms with E-state index in [1.54, 1.807) is 13.8 Å². The largest absolute Gasteiger partial charge is 0.463 e. The van der Waals surface area contributed by atoms with Gasteiger partial charge in [-0.25, -0.2) is 0 Å². The molecular formula is C8H10O3. The van der Waals surface area contributed by atoms with Crippen molar-refractivity contribution in [2.45, 2.75) is 20.5 Å². The first kappa shape index (κ1) is 8.01. The molecule has 0 amide bonds. The number of aliphatic hydroxyl groups excluding tert-OH is 1. The van der Waals surface area contributed by atoms with Crippen LogP contribution in [-0.2, 0) is 6.61 Å². The third-order valence-corrected chi connectivity index (χ3v) is 1.55. The Balaban J connectivity index is 3.36. The maximum atomic E-state index is 11.0. The molecule has 1 heterocycles. The summed E-state index contributed by atoms with van der Waals surface area (Å²) in [6.07, 6.45) is 0. The molecule has 0 unspecified atom stereocenters. The number of hydrogen-bond acceptors (Lipinski definition) is 3. The van der Waals surface area contributed by atoms with Crippen LogP contribution in [0.4, 0.5) is 0 Å². The first-order valence-electron chi connectivity index (χ1n) is 3.36. The number of aliphatic hydroxyl groups is 1. The molecule has 3 heteroatoms. The summed E-state index contributed by atoms with van der Waals surface area (Å²) in [6.45, 7) is 3.10. The second-order valence-corrected chi connectivity index (χ2v) is 2.43. The van der Waals surface area contributed by atoms with Crippen molar-refractivity contribution < 1.29 is 9.52 Å². The monoisotopic (exact) mass is 154 g/mol. The molecule has 0 aliphatic heterocycles. The van der Waals surface area contributed by atoms with Crippen molar-refractivity contribution in [2.24, 2.45) is 0 Å². The quantitative estimate of drug-likeness (QED) is 0.649.